The van der Waals surface area contributed by atoms with Crippen molar-refractivity contribution in [2.75, 3.05) is 11.9 Å². The quantitative estimate of drug-likeness (QED) is 0.807. The van der Waals surface area contributed by atoms with Crippen LogP contribution in [0, 0.1) is 5.92 Å². The number of carbonyl (C=O) groups is 2. The number of nitrogens with zero attached hydrogens (tertiary/aromatic N) is 1. The van der Waals surface area contributed by atoms with Gasteiger partial charge in [-0.1, -0.05) is 15.9 Å². The third-order valence-corrected chi connectivity index (χ3v) is 5.67. The summed E-state index contributed by atoms with van der Waals surface area (Å²) in [7, 11) is 0. The first kappa shape index (κ1) is 13.3. The Kier molecular flexibility index (Phi) is 2.72. The van der Waals surface area contributed by atoms with Crippen LogP contribution in [-0.4, -0.2) is 29.3 Å². The zero-order chi connectivity index (χ0) is 14.8. The Labute approximate surface area is 131 Å². The number of hydrogen-bond acceptors (Lipinski definition) is 3. The van der Waals surface area contributed by atoms with Crippen LogP contribution in [0.4, 0.5) is 5.69 Å². The number of carbonyl (C=O) groups excluding carboxylic acids is 2. The van der Waals surface area contributed by atoms with E-state index in [1.165, 1.54) is 0 Å². The smallest absolute Gasteiger partial charge is 0.250 e. The van der Waals surface area contributed by atoms with E-state index in [4.69, 9.17) is 5.73 Å². The fourth-order valence-electron chi connectivity index (χ4n) is 4.42. The van der Waals surface area contributed by atoms with Gasteiger partial charge in [-0.2, -0.15) is 0 Å². The van der Waals surface area contributed by atoms with Crippen molar-refractivity contribution in [3.63, 3.8) is 0 Å². The van der Waals surface area contributed by atoms with Crippen molar-refractivity contribution in [2.45, 2.75) is 30.8 Å². The number of fused-ring (bicyclic) bond motifs is 4. The summed E-state index contributed by atoms with van der Waals surface area (Å²) in [5.74, 6) is -0.950. The van der Waals surface area contributed by atoms with Gasteiger partial charge in [0.1, 0.15) is 5.54 Å². The zero-order valence-electron chi connectivity index (χ0n) is 11.4. The highest BCUT2D eigenvalue weighted by atomic mass is 79.9. The Morgan fingerprint density at radius 1 is 1.48 bits per heavy atom. The molecule has 3 aliphatic heterocycles. The first-order chi connectivity index (χ1) is 10.0. The number of nitrogens with one attached hydrogen (secondary N) is 1. The number of halogens is 1. The molecule has 2 saturated heterocycles. The van der Waals surface area contributed by atoms with E-state index in [1.807, 2.05) is 18.2 Å². The molecule has 3 N–H and O–H groups in total. The van der Waals surface area contributed by atoms with Crippen LogP contribution in [0.2, 0.25) is 0 Å². The first-order valence-electron chi connectivity index (χ1n) is 7.22. The Bertz CT molecular complexity index is 662. The molecule has 1 aromatic carbocycles. The van der Waals surface area contributed by atoms with Crippen LogP contribution >= 0.6 is 15.9 Å². The summed E-state index contributed by atoms with van der Waals surface area (Å²) in [4.78, 5) is 27.1. The molecule has 1 aromatic rings. The van der Waals surface area contributed by atoms with Crippen molar-refractivity contribution in [1.29, 1.82) is 0 Å². The van der Waals surface area contributed by atoms with Gasteiger partial charge in [0.25, 0.3) is 0 Å². The molecule has 0 unspecified atom stereocenters. The SMILES string of the molecule is NC(=O)[C@@H]1C[C@@H]2CCCN2[C@]12C(=O)Nc1ccc(Br)cc12. The number of anilines is 1. The summed E-state index contributed by atoms with van der Waals surface area (Å²) in [6.07, 6.45) is 2.77. The maximum absolute atomic E-state index is 12.8. The van der Waals surface area contributed by atoms with Crippen LogP contribution in [-0.2, 0) is 15.1 Å². The van der Waals surface area contributed by atoms with Crippen molar-refractivity contribution in [1.82, 2.24) is 4.90 Å². The van der Waals surface area contributed by atoms with E-state index in [2.05, 4.69) is 26.1 Å². The van der Waals surface area contributed by atoms with Crippen molar-refractivity contribution in [3.05, 3.63) is 28.2 Å². The minimum absolute atomic E-state index is 0.108. The summed E-state index contributed by atoms with van der Waals surface area (Å²) in [5.41, 5.74) is 6.42. The van der Waals surface area contributed by atoms with Gasteiger partial charge in [-0.25, -0.2) is 0 Å². The van der Waals surface area contributed by atoms with E-state index >= 15 is 0 Å². The minimum atomic E-state index is -0.911. The molecule has 3 aliphatic rings. The molecule has 0 bridgehead atoms. The molecule has 0 aromatic heterocycles. The predicted octanol–water partition coefficient (Wildman–Crippen LogP) is 1.57. The molecule has 3 atom stereocenters. The largest absolute Gasteiger partial charge is 0.369 e. The normalized spacial score (nSPS) is 34.0. The Balaban J connectivity index is 1.97. The van der Waals surface area contributed by atoms with E-state index in [0.717, 1.165) is 35.1 Å². The summed E-state index contributed by atoms with van der Waals surface area (Å²) in [6.45, 7) is 0.841. The summed E-state index contributed by atoms with van der Waals surface area (Å²) >= 11 is 3.47. The average Bonchev–Trinajstić information content (AvgIpc) is 3.06. The third kappa shape index (κ3) is 1.54. The molecule has 5 nitrogen and oxygen atoms in total. The highest BCUT2D eigenvalue weighted by molar-refractivity contribution is 9.10. The van der Waals surface area contributed by atoms with E-state index in [-0.39, 0.29) is 17.9 Å². The highest BCUT2D eigenvalue weighted by Gasteiger charge is 2.65. The number of rotatable bonds is 1. The van der Waals surface area contributed by atoms with Crippen LogP contribution in [0.15, 0.2) is 22.7 Å². The maximum Gasteiger partial charge on any atom is 0.250 e. The molecule has 2 amide bonds. The molecule has 4 rings (SSSR count). The van der Waals surface area contributed by atoms with Gasteiger partial charge in [0.15, 0.2) is 0 Å². The minimum Gasteiger partial charge on any atom is -0.369 e. The summed E-state index contributed by atoms with van der Waals surface area (Å²) in [5, 5.41) is 2.95. The molecule has 0 radical (unpaired) electrons. The second-order valence-electron chi connectivity index (χ2n) is 6.09. The van der Waals surface area contributed by atoms with Gasteiger partial charge in [-0.15, -0.1) is 0 Å². The van der Waals surface area contributed by atoms with E-state index < -0.39 is 11.5 Å². The van der Waals surface area contributed by atoms with Gasteiger partial charge < -0.3 is 11.1 Å². The molecular formula is C15H16BrN3O2. The van der Waals surface area contributed by atoms with Crippen molar-refractivity contribution in [3.8, 4) is 0 Å². The molecule has 0 saturated carbocycles. The Hall–Kier alpha value is -1.40. The molecular weight excluding hydrogens is 334 g/mol. The first-order valence-corrected chi connectivity index (χ1v) is 8.02. The summed E-state index contributed by atoms with van der Waals surface area (Å²) in [6, 6.07) is 6.00. The monoisotopic (exact) mass is 349 g/mol. The molecule has 21 heavy (non-hydrogen) atoms. The predicted molar refractivity (Wildman–Crippen MR) is 81.5 cm³/mol. The topological polar surface area (TPSA) is 75.4 Å². The molecule has 6 heteroatoms. The van der Waals surface area contributed by atoms with Crippen LogP contribution in [0.3, 0.4) is 0 Å². The lowest BCUT2D eigenvalue weighted by Crippen LogP contribution is -2.53. The van der Waals surface area contributed by atoms with Gasteiger partial charge in [0.2, 0.25) is 11.8 Å². The van der Waals surface area contributed by atoms with Gasteiger partial charge in [-0.05, 0) is 44.0 Å². The Morgan fingerprint density at radius 3 is 3.05 bits per heavy atom. The van der Waals surface area contributed by atoms with Crippen molar-refractivity contribution >= 4 is 33.4 Å². The molecule has 3 heterocycles. The molecule has 110 valence electrons. The maximum atomic E-state index is 12.8. The van der Waals surface area contributed by atoms with Crippen molar-refractivity contribution in [2.24, 2.45) is 11.7 Å². The molecule has 0 aliphatic carbocycles. The zero-order valence-corrected chi connectivity index (χ0v) is 13.0. The number of benzene rings is 1. The number of primary amides is 1. The van der Waals surface area contributed by atoms with Crippen molar-refractivity contribution < 1.29 is 9.59 Å². The summed E-state index contributed by atoms with van der Waals surface area (Å²) < 4.78 is 0.906. The van der Waals surface area contributed by atoms with Gasteiger partial charge >= 0.3 is 0 Å². The number of nitrogens with two attached hydrogens (primary N) is 1. The second-order valence-corrected chi connectivity index (χ2v) is 7.01. The lowest BCUT2D eigenvalue weighted by molar-refractivity contribution is -0.135. The van der Waals surface area contributed by atoms with Gasteiger partial charge in [0.05, 0.1) is 5.92 Å². The Morgan fingerprint density at radius 2 is 2.29 bits per heavy atom. The standard InChI is InChI=1S/C15H16BrN3O2/c16-8-3-4-12-10(6-8)15(14(21)18-12)11(13(17)20)7-9-2-1-5-19(9)15/h3-4,6,9,11H,1-2,5,7H2,(H2,17,20)(H,18,21)/t9-,11-,15-/m0/s1. The second kappa shape index (κ2) is 4.30. The van der Waals surface area contributed by atoms with Gasteiger partial charge in [0, 0.05) is 21.8 Å². The van der Waals surface area contributed by atoms with E-state index in [1.54, 1.807) is 0 Å². The number of amides is 2. The fraction of sp³-hybridized carbons (Fsp3) is 0.467. The van der Waals surface area contributed by atoms with Crippen LogP contribution in [0.5, 0.6) is 0 Å². The fourth-order valence-corrected chi connectivity index (χ4v) is 4.78. The van der Waals surface area contributed by atoms with Crippen LogP contribution in [0.1, 0.15) is 24.8 Å². The highest BCUT2D eigenvalue weighted by Crippen LogP contribution is 2.55. The average molecular weight is 350 g/mol. The van der Waals surface area contributed by atoms with Crippen LogP contribution in [0.25, 0.3) is 0 Å². The van der Waals surface area contributed by atoms with Crippen LogP contribution < -0.4 is 11.1 Å². The lowest BCUT2D eigenvalue weighted by atomic mass is 9.78. The van der Waals surface area contributed by atoms with E-state index in [9.17, 15) is 9.59 Å². The lowest BCUT2D eigenvalue weighted by Gasteiger charge is -2.36. The third-order valence-electron chi connectivity index (χ3n) is 5.17. The molecule has 1 spiro atoms. The number of hydrogen-bond donors (Lipinski definition) is 2. The van der Waals surface area contributed by atoms with E-state index in [0.29, 0.717) is 6.42 Å². The molecule has 2 fully saturated rings. The van der Waals surface area contributed by atoms with Gasteiger partial charge in [-0.3, -0.25) is 14.5 Å².